The predicted molar refractivity (Wildman–Crippen MR) is 97.2 cm³/mol. The Morgan fingerprint density at radius 1 is 1.30 bits per heavy atom. The van der Waals surface area contributed by atoms with E-state index in [-0.39, 0.29) is 0 Å². The molecule has 0 saturated heterocycles. The summed E-state index contributed by atoms with van der Waals surface area (Å²) in [5.74, 6) is 3.80. The van der Waals surface area contributed by atoms with E-state index in [9.17, 15) is 4.79 Å². The van der Waals surface area contributed by atoms with E-state index in [0.29, 0.717) is 11.2 Å². The molecule has 0 bridgehead atoms. The van der Waals surface area contributed by atoms with Gasteiger partial charge in [-0.05, 0) is 81.0 Å². The van der Waals surface area contributed by atoms with E-state index in [2.05, 4.69) is 26.5 Å². The smallest absolute Gasteiger partial charge is 0.129 e. The second-order valence-electron chi connectivity index (χ2n) is 8.87. The maximum Gasteiger partial charge on any atom is 0.129 e. The van der Waals surface area contributed by atoms with Crippen LogP contribution in [0.25, 0.3) is 0 Å². The van der Waals surface area contributed by atoms with Crippen LogP contribution in [-0.4, -0.2) is 5.78 Å². The normalized spacial score (nSPS) is 40.1. The SMILES string of the molecule is C=C1C=C2CCC3C(CCCC(C)=O)C(C)CCC3C2(C)CC1. The molecule has 1 heteroatoms. The first-order valence-electron chi connectivity index (χ1n) is 9.80. The van der Waals surface area contributed by atoms with Gasteiger partial charge in [0.1, 0.15) is 5.78 Å². The molecule has 3 rings (SSSR count). The molecule has 23 heavy (non-hydrogen) atoms. The summed E-state index contributed by atoms with van der Waals surface area (Å²) in [7, 11) is 0. The molecule has 3 aliphatic rings. The quantitative estimate of drug-likeness (QED) is 0.612. The Morgan fingerprint density at radius 2 is 2.09 bits per heavy atom. The highest BCUT2D eigenvalue weighted by molar-refractivity contribution is 5.75. The van der Waals surface area contributed by atoms with E-state index in [1.54, 1.807) is 12.5 Å². The van der Waals surface area contributed by atoms with Crippen molar-refractivity contribution < 1.29 is 4.79 Å². The second kappa shape index (κ2) is 6.57. The van der Waals surface area contributed by atoms with Gasteiger partial charge < -0.3 is 4.79 Å². The summed E-state index contributed by atoms with van der Waals surface area (Å²) in [4.78, 5) is 11.3. The molecule has 2 fully saturated rings. The first-order valence-corrected chi connectivity index (χ1v) is 9.80. The van der Waals surface area contributed by atoms with Gasteiger partial charge in [0.2, 0.25) is 0 Å². The van der Waals surface area contributed by atoms with Gasteiger partial charge in [0.05, 0.1) is 0 Å². The van der Waals surface area contributed by atoms with Crippen LogP contribution in [0.5, 0.6) is 0 Å². The Labute approximate surface area is 142 Å². The molecular weight excluding hydrogens is 280 g/mol. The minimum atomic E-state index is 0.358. The van der Waals surface area contributed by atoms with E-state index in [1.807, 2.05) is 0 Å². The summed E-state index contributed by atoms with van der Waals surface area (Å²) >= 11 is 0. The molecule has 3 aliphatic carbocycles. The number of carbonyl (C=O) groups is 1. The van der Waals surface area contributed by atoms with Gasteiger partial charge >= 0.3 is 0 Å². The van der Waals surface area contributed by atoms with Crippen LogP contribution in [0, 0.1) is 29.1 Å². The molecular formula is C22H34O. The molecule has 0 radical (unpaired) electrons. The van der Waals surface area contributed by atoms with E-state index in [0.717, 1.165) is 36.5 Å². The number of ketones is 1. The lowest BCUT2D eigenvalue weighted by atomic mass is 9.49. The fraction of sp³-hybridized carbons (Fsp3) is 0.773. The van der Waals surface area contributed by atoms with Gasteiger partial charge in [-0.2, -0.15) is 0 Å². The van der Waals surface area contributed by atoms with E-state index >= 15 is 0 Å². The van der Waals surface area contributed by atoms with Crippen LogP contribution in [-0.2, 0) is 4.79 Å². The van der Waals surface area contributed by atoms with Crippen LogP contribution in [0.4, 0.5) is 0 Å². The first-order chi connectivity index (χ1) is 10.9. The number of hydrogen-bond donors (Lipinski definition) is 0. The first kappa shape index (κ1) is 17.0. The number of allylic oxidation sites excluding steroid dienone is 3. The van der Waals surface area contributed by atoms with Crippen molar-refractivity contribution in [1.29, 1.82) is 0 Å². The molecule has 5 unspecified atom stereocenters. The Balaban J connectivity index is 1.77. The molecule has 0 aromatic heterocycles. The fourth-order valence-electron chi connectivity index (χ4n) is 6.05. The summed E-state index contributed by atoms with van der Waals surface area (Å²) in [6.07, 6.45) is 13.5. The van der Waals surface area contributed by atoms with Crippen LogP contribution in [0.15, 0.2) is 23.8 Å². The van der Waals surface area contributed by atoms with E-state index in [4.69, 9.17) is 0 Å². The van der Waals surface area contributed by atoms with Gasteiger partial charge in [0.25, 0.3) is 0 Å². The third-order valence-corrected chi connectivity index (χ3v) is 7.44. The summed E-state index contributed by atoms with van der Waals surface area (Å²) in [5.41, 5.74) is 3.48. The van der Waals surface area contributed by atoms with Crippen LogP contribution in [0.1, 0.15) is 78.6 Å². The topological polar surface area (TPSA) is 17.1 Å². The highest BCUT2D eigenvalue weighted by Gasteiger charge is 2.50. The molecule has 2 saturated carbocycles. The number of fused-ring (bicyclic) bond motifs is 3. The van der Waals surface area contributed by atoms with Crippen LogP contribution in [0.3, 0.4) is 0 Å². The van der Waals surface area contributed by atoms with Crippen molar-refractivity contribution in [3.8, 4) is 0 Å². The molecule has 0 aromatic rings. The average molecular weight is 315 g/mol. The van der Waals surface area contributed by atoms with E-state index < -0.39 is 0 Å². The van der Waals surface area contributed by atoms with Gasteiger partial charge in [0, 0.05) is 6.42 Å². The zero-order chi connectivity index (χ0) is 16.6. The molecule has 0 spiro atoms. The number of carbonyl (C=O) groups excluding carboxylic acids is 1. The van der Waals surface area contributed by atoms with Crippen molar-refractivity contribution in [2.24, 2.45) is 29.1 Å². The Morgan fingerprint density at radius 3 is 2.83 bits per heavy atom. The van der Waals surface area contributed by atoms with Gasteiger partial charge in [-0.25, -0.2) is 0 Å². The molecule has 0 aliphatic heterocycles. The Kier molecular flexibility index (Phi) is 4.85. The van der Waals surface area contributed by atoms with Crippen LogP contribution in [0.2, 0.25) is 0 Å². The standard InChI is InChI=1S/C22H34O/c1-15-12-13-22(4)18(14-15)9-10-20-19(7-5-6-17(3)23)16(2)8-11-21(20)22/h14,16,19-21H,1,5-13H2,2-4H3. The monoisotopic (exact) mass is 314 g/mol. The maximum atomic E-state index is 11.3. The molecule has 0 aromatic carbocycles. The van der Waals surface area contributed by atoms with Crippen molar-refractivity contribution >= 4 is 5.78 Å². The van der Waals surface area contributed by atoms with Crippen molar-refractivity contribution in [2.75, 3.05) is 0 Å². The molecule has 0 heterocycles. The molecule has 1 nitrogen and oxygen atoms in total. The van der Waals surface area contributed by atoms with Crippen molar-refractivity contribution in [1.82, 2.24) is 0 Å². The van der Waals surface area contributed by atoms with Crippen molar-refractivity contribution in [3.63, 3.8) is 0 Å². The largest absolute Gasteiger partial charge is 0.300 e. The minimum Gasteiger partial charge on any atom is -0.300 e. The molecule has 0 amide bonds. The van der Waals surface area contributed by atoms with Gasteiger partial charge in [-0.3, -0.25) is 0 Å². The second-order valence-corrected chi connectivity index (χ2v) is 8.87. The fourth-order valence-corrected chi connectivity index (χ4v) is 6.05. The lowest BCUT2D eigenvalue weighted by Crippen LogP contribution is -2.47. The highest BCUT2D eigenvalue weighted by atomic mass is 16.1. The summed E-state index contributed by atoms with van der Waals surface area (Å²) in [6, 6.07) is 0. The predicted octanol–water partition coefficient (Wildman–Crippen LogP) is 6.10. The van der Waals surface area contributed by atoms with Crippen molar-refractivity contribution in [3.05, 3.63) is 23.8 Å². The lowest BCUT2D eigenvalue weighted by Gasteiger charge is -2.56. The Bertz CT molecular complexity index is 514. The highest BCUT2D eigenvalue weighted by Crippen LogP contribution is 2.60. The van der Waals surface area contributed by atoms with Gasteiger partial charge in [0.15, 0.2) is 0 Å². The van der Waals surface area contributed by atoms with E-state index in [1.165, 1.54) is 50.5 Å². The third kappa shape index (κ3) is 3.21. The lowest BCUT2D eigenvalue weighted by molar-refractivity contribution is -0.117. The summed E-state index contributed by atoms with van der Waals surface area (Å²) in [6.45, 7) is 11.0. The van der Waals surface area contributed by atoms with Crippen LogP contribution < -0.4 is 0 Å². The molecule has 0 N–H and O–H groups in total. The minimum absolute atomic E-state index is 0.358. The zero-order valence-electron chi connectivity index (χ0n) is 15.4. The third-order valence-electron chi connectivity index (χ3n) is 7.44. The summed E-state index contributed by atoms with van der Waals surface area (Å²) in [5, 5.41) is 0. The maximum absolute atomic E-state index is 11.3. The average Bonchev–Trinajstić information content (AvgIpc) is 2.49. The Hall–Kier alpha value is -0.850. The van der Waals surface area contributed by atoms with Crippen LogP contribution >= 0.6 is 0 Å². The number of rotatable bonds is 4. The molecule has 128 valence electrons. The molecule has 5 atom stereocenters. The van der Waals surface area contributed by atoms with Gasteiger partial charge in [-0.15, -0.1) is 0 Å². The number of hydrogen-bond acceptors (Lipinski definition) is 1. The zero-order valence-corrected chi connectivity index (χ0v) is 15.4. The van der Waals surface area contributed by atoms with Crippen molar-refractivity contribution in [2.45, 2.75) is 78.6 Å². The number of Topliss-reactive ketones (excluding diaryl/α,β-unsaturated/α-hetero) is 1. The summed E-state index contributed by atoms with van der Waals surface area (Å²) < 4.78 is 0. The van der Waals surface area contributed by atoms with Gasteiger partial charge in [-0.1, -0.05) is 44.1 Å².